The maximum atomic E-state index is 14.0. The van der Waals surface area contributed by atoms with Crippen LogP contribution in [0.2, 0.25) is 0 Å². The molecule has 0 unspecified atom stereocenters. The van der Waals surface area contributed by atoms with Crippen LogP contribution in [0.1, 0.15) is 82.5 Å². The van der Waals surface area contributed by atoms with Crippen LogP contribution >= 0.6 is 11.3 Å². The Morgan fingerprint density at radius 3 is 2.23 bits per heavy atom. The Morgan fingerprint density at radius 1 is 0.871 bits per heavy atom. The highest BCUT2D eigenvalue weighted by molar-refractivity contribution is 7.13. The fourth-order valence-electron chi connectivity index (χ4n) is 9.46. The van der Waals surface area contributed by atoms with Crippen molar-refractivity contribution in [2.45, 2.75) is 97.4 Å². The Morgan fingerprint density at radius 2 is 1.56 bits per heavy atom. The van der Waals surface area contributed by atoms with Gasteiger partial charge in [-0.15, -0.1) is 11.3 Å². The molecule has 2 fully saturated rings. The zero-order chi connectivity index (χ0) is 49.6. The maximum absolute atomic E-state index is 14.0. The molecule has 1 aliphatic carbocycles. The van der Waals surface area contributed by atoms with Crippen molar-refractivity contribution in [3.8, 4) is 16.2 Å². The minimum absolute atomic E-state index is 0.00166. The predicted molar refractivity (Wildman–Crippen MR) is 270 cm³/mol. The van der Waals surface area contributed by atoms with Gasteiger partial charge in [0.2, 0.25) is 17.7 Å². The quantitative estimate of drug-likeness (QED) is 0.0467. The molecule has 4 atom stereocenters. The van der Waals surface area contributed by atoms with Crippen molar-refractivity contribution in [2.75, 3.05) is 64.7 Å². The summed E-state index contributed by atoms with van der Waals surface area (Å²) >= 11 is 1.59. The van der Waals surface area contributed by atoms with Crippen LogP contribution in [0.15, 0.2) is 84.5 Å². The number of β-amino-alcohol motifs (C(OH)–C–C–N with tert-alkyl or cyclic N) is 1. The van der Waals surface area contributed by atoms with Crippen LogP contribution in [0.4, 0.5) is 10.1 Å². The van der Waals surface area contributed by atoms with Gasteiger partial charge in [-0.3, -0.25) is 19.4 Å². The van der Waals surface area contributed by atoms with Gasteiger partial charge >= 0.3 is 0 Å². The lowest BCUT2D eigenvalue weighted by Gasteiger charge is -2.35. The first kappa shape index (κ1) is 52.5. The van der Waals surface area contributed by atoms with Gasteiger partial charge in [-0.1, -0.05) is 52.0 Å². The summed E-state index contributed by atoms with van der Waals surface area (Å²) in [7, 11) is 0. The van der Waals surface area contributed by atoms with Crippen molar-refractivity contribution < 1.29 is 42.8 Å². The number of benzene rings is 3. The second kappa shape index (κ2) is 25.2. The predicted octanol–water partition coefficient (Wildman–Crippen LogP) is 8.07. The Bertz CT molecular complexity index is 2480. The molecule has 2 aromatic heterocycles. The van der Waals surface area contributed by atoms with E-state index in [0.29, 0.717) is 76.7 Å². The van der Waals surface area contributed by atoms with E-state index in [-0.39, 0.29) is 48.3 Å². The van der Waals surface area contributed by atoms with E-state index in [2.05, 4.69) is 25.9 Å². The van der Waals surface area contributed by atoms with Gasteiger partial charge in [-0.25, -0.2) is 9.37 Å². The first-order valence-corrected chi connectivity index (χ1v) is 25.4. The van der Waals surface area contributed by atoms with Gasteiger partial charge in [0.15, 0.2) is 0 Å². The Hall–Kier alpha value is -5.36. The van der Waals surface area contributed by atoms with Crippen molar-refractivity contribution >= 4 is 45.6 Å². The molecule has 1 saturated heterocycles. The summed E-state index contributed by atoms with van der Waals surface area (Å²) in [5.41, 5.74) is 7.02. The molecule has 4 N–H and O–H groups in total. The minimum Gasteiger partial charge on any atom is -0.491 e. The molecule has 2 aliphatic rings. The number of anilines is 1. The number of amides is 3. The lowest BCUT2D eigenvalue weighted by molar-refractivity contribution is -0.142. The number of aliphatic hydroxyl groups excluding tert-OH is 1. The second-order valence-electron chi connectivity index (χ2n) is 19.5. The first-order valence-electron chi connectivity index (χ1n) is 24.5. The normalized spacial score (nSPS) is 19.2. The number of carbonyl (C=O) groups is 3. The summed E-state index contributed by atoms with van der Waals surface area (Å²) in [6.45, 7) is 13.4. The van der Waals surface area contributed by atoms with Gasteiger partial charge < -0.3 is 44.9 Å². The molecular formula is C54H69FN6O8S. The maximum Gasteiger partial charge on any atom is 0.243 e. The molecule has 0 radical (unpaired) electrons. The van der Waals surface area contributed by atoms with Crippen molar-refractivity contribution in [2.24, 2.45) is 17.3 Å². The monoisotopic (exact) mass is 980 g/mol. The van der Waals surface area contributed by atoms with Gasteiger partial charge in [-0.2, -0.15) is 0 Å². The Kier molecular flexibility index (Phi) is 18.9. The Balaban J connectivity index is 0.716. The van der Waals surface area contributed by atoms with Gasteiger partial charge in [-0.05, 0) is 115 Å². The van der Waals surface area contributed by atoms with Crippen LogP contribution in [0.3, 0.4) is 0 Å². The topological polar surface area (TPSA) is 173 Å². The van der Waals surface area contributed by atoms with Crippen molar-refractivity contribution in [1.82, 2.24) is 25.5 Å². The van der Waals surface area contributed by atoms with E-state index in [4.69, 9.17) is 18.9 Å². The van der Waals surface area contributed by atoms with Crippen molar-refractivity contribution in [3.63, 3.8) is 0 Å². The first-order chi connectivity index (χ1) is 33.7. The van der Waals surface area contributed by atoms with Crippen molar-refractivity contribution in [1.29, 1.82) is 0 Å². The minimum atomic E-state index is -0.785. The number of rotatable bonds is 23. The molecule has 0 bridgehead atoms. The SMILES string of the molecule is Cc1ncsc1-c1ccc(CNC(=O)[C@@H]2C[C@@H](O)CN2C(=O)[C@@H](NCCOCCOCCOCCOc2ccc(NC(=O)[C@H](C)C3CCC(c4ccnc5ccc(F)cc45)CC3)cc2)C(C)(C)C)cc1. The molecule has 3 amide bonds. The number of nitrogens with one attached hydrogen (secondary N) is 3. The lowest BCUT2D eigenvalue weighted by Crippen LogP contribution is -2.57. The number of thiazole rings is 1. The highest BCUT2D eigenvalue weighted by atomic mass is 32.1. The van der Waals surface area contributed by atoms with Gasteiger partial charge in [0.05, 0.1) is 73.4 Å². The molecule has 1 saturated carbocycles. The smallest absolute Gasteiger partial charge is 0.243 e. The van der Waals surface area contributed by atoms with E-state index in [1.807, 2.05) is 94.7 Å². The zero-order valence-electron chi connectivity index (χ0n) is 41.1. The van der Waals surface area contributed by atoms with Crippen LogP contribution in [0.25, 0.3) is 21.3 Å². The number of aromatic nitrogens is 2. The number of hydrogen-bond acceptors (Lipinski definition) is 12. The standard InChI is InChI=1S/C54H69FN6O8S/c1-35(38-10-12-39(13-11-38)45-20-21-56-47-19-14-41(55)30-46(45)47)51(63)60-42-15-17-44(18-16-42)69-29-28-68-27-26-67-25-24-66-23-22-57-50(54(3,4)5)53(65)61-33-43(62)31-48(61)52(64)58-32-37-6-8-40(9-7-37)49-36(2)59-34-70-49/h6-9,14-21,30,34-35,38-39,43,48,50,57,62H,10-13,22-29,31-33H2,1-5H3,(H,58,64)(H,60,63)/t35-,38?,39?,43-,48+,50-/m1/s1. The molecule has 16 heteroatoms. The van der Waals surface area contributed by atoms with Gasteiger partial charge in [0, 0.05) is 49.2 Å². The van der Waals surface area contributed by atoms with E-state index in [0.717, 1.165) is 63.8 Å². The molecular weight excluding hydrogens is 912 g/mol. The number of hydrogen-bond donors (Lipinski definition) is 4. The highest BCUT2D eigenvalue weighted by Gasteiger charge is 2.43. The van der Waals surface area contributed by atoms with E-state index in [9.17, 15) is 23.9 Å². The van der Waals surface area contributed by atoms with E-state index < -0.39 is 23.6 Å². The number of likely N-dealkylation sites (tertiary alicyclic amines) is 1. The van der Waals surface area contributed by atoms with E-state index in [1.54, 1.807) is 29.7 Å². The number of pyridine rings is 1. The Labute approximate surface area is 415 Å². The number of carbonyl (C=O) groups excluding carboxylic acids is 3. The summed E-state index contributed by atoms with van der Waals surface area (Å²) < 4.78 is 37.0. The molecule has 3 heterocycles. The fourth-order valence-corrected chi connectivity index (χ4v) is 10.3. The fraction of sp³-hybridized carbons (Fsp3) is 0.500. The number of nitrogens with zero attached hydrogens (tertiary/aromatic N) is 3. The second-order valence-corrected chi connectivity index (χ2v) is 20.3. The number of aliphatic hydroxyl groups is 1. The number of halogens is 1. The lowest BCUT2D eigenvalue weighted by atomic mass is 9.73. The summed E-state index contributed by atoms with van der Waals surface area (Å²) in [5.74, 6) is 0.374. The third kappa shape index (κ3) is 14.4. The van der Waals surface area contributed by atoms with Crippen LogP contribution in [0.5, 0.6) is 5.75 Å². The van der Waals surface area contributed by atoms with Gasteiger partial charge in [0.1, 0.15) is 24.2 Å². The molecule has 5 aromatic rings. The van der Waals surface area contributed by atoms with Crippen LogP contribution in [0, 0.1) is 30.0 Å². The average molecular weight is 981 g/mol. The molecule has 0 spiro atoms. The summed E-state index contributed by atoms with van der Waals surface area (Å²) in [4.78, 5) is 51.9. The highest BCUT2D eigenvalue weighted by Crippen LogP contribution is 2.41. The largest absolute Gasteiger partial charge is 0.491 e. The molecule has 70 heavy (non-hydrogen) atoms. The third-order valence-electron chi connectivity index (χ3n) is 13.4. The van der Waals surface area contributed by atoms with Crippen LogP contribution in [-0.2, 0) is 35.1 Å². The molecule has 14 nitrogen and oxygen atoms in total. The molecule has 7 rings (SSSR count). The molecule has 1 aliphatic heterocycles. The van der Waals surface area contributed by atoms with Crippen LogP contribution in [-0.4, -0.2) is 115 Å². The number of ether oxygens (including phenoxy) is 4. The average Bonchev–Trinajstić information content (AvgIpc) is 3.98. The van der Waals surface area contributed by atoms with Crippen molar-refractivity contribution in [3.05, 3.63) is 107 Å². The number of aryl methyl sites for hydroxylation is 1. The molecule has 3 aromatic carbocycles. The summed E-state index contributed by atoms with van der Waals surface area (Å²) in [6.07, 6.45) is 4.97. The third-order valence-corrected chi connectivity index (χ3v) is 14.4. The zero-order valence-corrected chi connectivity index (χ0v) is 41.9. The summed E-state index contributed by atoms with van der Waals surface area (Å²) in [6, 6.07) is 20.7. The van der Waals surface area contributed by atoms with Crippen LogP contribution < -0.4 is 20.7 Å². The van der Waals surface area contributed by atoms with E-state index >= 15 is 0 Å². The molecule has 376 valence electrons. The van der Waals surface area contributed by atoms with Gasteiger partial charge in [0.25, 0.3) is 0 Å². The number of fused-ring (bicyclic) bond motifs is 1. The van der Waals surface area contributed by atoms with E-state index in [1.165, 1.54) is 11.0 Å². The summed E-state index contributed by atoms with van der Waals surface area (Å²) in [5, 5.41) is 20.8.